The predicted molar refractivity (Wildman–Crippen MR) is 74.1 cm³/mol. The van der Waals surface area contributed by atoms with E-state index < -0.39 is 5.54 Å². The van der Waals surface area contributed by atoms with Crippen molar-refractivity contribution in [3.8, 4) is 0 Å². The van der Waals surface area contributed by atoms with Gasteiger partial charge in [-0.15, -0.1) is 0 Å². The van der Waals surface area contributed by atoms with Crippen molar-refractivity contribution in [1.82, 2.24) is 5.32 Å². The van der Waals surface area contributed by atoms with Gasteiger partial charge < -0.3 is 16.2 Å². The highest BCUT2D eigenvalue weighted by atomic mass is 35.5. The largest absolute Gasteiger partial charge is 0.396 e. The summed E-state index contributed by atoms with van der Waals surface area (Å²) in [4.78, 5) is 12.0. The molecule has 0 bridgehead atoms. The van der Waals surface area contributed by atoms with E-state index in [9.17, 15) is 9.90 Å². The standard InChI is InChI=1S/C12H16Cl2N2O2/c1-3-12(2,6-17)16-11(18)7-4-8(13)10(15)9(14)5-7/h4-5,17H,3,6,15H2,1-2H3,(H,16,18). The lowest BCUT2D eigenvalue weighted by molar-refractivity contribution is 0.0847. The van der Waals surface area contributed by atoms with E-state index in [0.29, 0.717) is 12.0 Å². The first-order valence-electron chi connectivity index (χ1n) is 5.51. The van der Waals surface area contributed by atoms with Crippen LogP contribution in [0.3, 0.4) is 0 Å². The summed E-state index contributed by atoms with van der Waals surface area (Å²) in [7, 11) is 0. The quantitative estimate of drug-likeness (QED) is 0.746. The SMILES string of the molecule is CCC(C)(CO)NC(=O)c1cc(Cl)c(N)c(Cl)c1. The molecule has 0 heterocycles. The van der Waals surface area contributed by atoms with E-state index in [0.717, 1.165) is 0 Å². The summed E-state index contributed by atoms with van der Waals surface area (Å²) in [5, 5.41) is 12.4. The van der Waals surface area contributed by atoms with E-state index in [1.54, 1.807) is 6.92 Å². The molecule has 1 aromatic rings. The summed E-state index contributed by atoms with van der Waals surface area (Å²) in [6.07, 6.45) is 0.603. The molecular formula is C12H16Cl2N2O2. The van der Waals surface area contributed by atoms with Gasteiger partial charge in [0.25, 0.3) is 5.91 Å². The van der Waals surface area contributed by atoms with Crippen LogP contribution >= 0.6 is 23.2 Å². The lowest BCUT2D eigenvalue weighted by atomic mass is 9.99. The smallest absolute Gasteiger partial charge is 0.251 e. The number of hydrogen-bond acceptors (Lipinski definition) is 3. The molecule has 0 spiro atoms. The number of carbonyl (C=O) groups is 1. The summed E-state index contributed by atoms with van der Waals surface area (Å²) < 4.78 is 0. The Hall–Kier alpha value is -0.970. The van der Waals surface area contributed by atoms with Crippen LogP contribution in [0, 0.1) is 0 Å². The first kappa shape index (κ1) is 15.1. The molecule has 100 valence electrons. The predicted octanol–water partition coefficient (Wildman–Crippen LogP) is 2.47. The molecule has 0 aromatic heterocycles. The van der Waals surface area contributed by atoms with E-state index in [2.05, 4.69) is 5.32 Å². The lowest BCUT2D eigenvalue weighted by Gasteiger charge is -2.27. The van der Waals surface area contributed by atoms with Crippen LogP contribution in [-0.2, 0) is 0 Å². The zero-order chi connectivity index (χ0) is 13.9. The zero-order valence-corrected chi connectivity index (χ0v) is 11.8. The molecule has 0 aliphatic rings. The molecule has 0 saturated heterocycles. The Morgan fingerprint density at radius 3 is 2.33 bits per heavy atom. The third kappa shape index (κ3) is 3.28. The van der Waals surface area contributed by atoms with Gasteiger partial charge >= 0.3 is 0 Å². The first-order valence-corrected chi connectivity index (χ1v) is 6.26. The number of rotatable bonds is 4. The average molecular weight is 291 g/mol. The number of benzene rings is 1. The second kappa shape index (κ2) is 5.78. The molecule has 0 aliphatic carbocycles. The normalized spacial score (nSPS) is 14.1. The van der Waals surface area contributed by atoms with Crippen molar-refractivity contribution >= 4 is 34.8 Å². The molecule has 4 N–H and O–H groups in total. The number of anilines is 1. The minimum Gasteiger partial charge on any atom is -0.396 e. The topological polar surface area (TPSA) is 75.3 Å². The summed E-state index contributed by atoms with van der Waals surface area (Å²) in [5.41, 5.74) is 5.48. The highest BCUT2D eigenvalue weighted by molar-refractivity contribution is 6.39. The number of amides is 1. The number of aliphatic hydroxyl groups excluding tert-OH is 1. The molecule has 4 nitrogen and oxygen atoms in total. The van der Waals surface area contributed by atoms with Crippen molar-refractivity contribution in [2.24, 2.45) is 0 Å². The van der Waals surface area contributed by atoms with Gasteiger partial charge in [0, 0.05) is 5.56 Å². The molecule has 0 radical (unpaired) electrons. The van der Waals surface area contributed by atoms with Crippen LogP contribution in [0.4, 0.5) is 5.69 Å². The number of halogens is 2. The maximum atomic E-state index is 12.0. The number of carbonyl (C=O) groups excluding carboxylic acids is 1. The van der Waals surface area contributed by atoms with Gasteiger partial charge in [-0.3, -0.25) is 4.79 Å². The lowest BCUT2D eigenvalue weighted by Crippen LogP contribution is -2.48. The second-order valence-electron chi connectivity index (χ2n) is 4.38. The van der Waals surface area contributed by atoms with Crippen molar-refractivity contribution in [2.45, 2.75) is 25.8 Å². The van der Waals surface area contributed by atoms with Crippen molar-refractivity contribution in [3.63, 3.8) is 0 Å². The molecule has 0 fully saturated rings. The molecule has 0 aliphatic heterocycles. The van der Waals surface area contributed by atoms with Crippen LogP contribution in [0.25, 0.3) is 0 Å². The van der Waals surface area contributed by atoms with Gasteiger partial charge in [-0.05, 0) is 25.5 Å². The molecular weight excluding hydrogens is 275 g/mol. The molecule has 1 amide bonds. The van der Waals surface area contributed by atoms with Crippen LogP contribution in [0.5, 0.6) is 0 Å². The van der Waals surface area contributed by atoms with Crippen LogP contribution in [0.2, 0.25) is 10.0 Å². The number of nitrogens with one attached hydrogen (secondary N) is 1. The van der Waals surface area contributed by atoms with Gasteiger partial charge in [0.1, 0.15) is 0 Å². The molecule has 1 atom stereocenters. The van der Waals surface area contributed by atoms with Gasteiger partial charge in [-0.25, -0.2) is 0 Å². The summed E-state index contributed by atoms with van der Waals surface area (Å²) >= 11 is 11.7. The highest BCUT2D eigenvalue weighted by Crippen LogP contribution is 2.29. The van der Waals surface area contributed by atoms with Gasteiger partial charge in [0.2, 0.25) is 0 Å². The maximum Gasteiger partial charge on any atom is 0.251 e. The van der Waals surface area contributed by atoms with Crippen molar-refractivity contribution < 1.29 is 9.90 Å². The second-order valence-corrected chi connectivity index (χ2v) is 5.19. The highest BCUT2D eigenvalue weighted by Gasteiger charge is 2.24. The molecule has 1 unspecified atom stereocenters. The third-order valence-corrected chi connectivity index (χ3v) is 3.51. The Labute approximate surface area is 116 Å². The minimum atomic E-state index is -0.669. The van der Waals surface area contributed by atoms with Crippen LogP contribution < -0.4 is 11.1 Å². The Morgan fingerprint density at radius 1 is 1.44 bits per heavy atom. The van der Waals surface area contributed by atoms with Gasteiger partial charge in [0.05, 0.1) is 27.9 Å². The minimum absolute atomic E-state index is 0.147. The molecule has 1 rings (SSSR count). The molecule has 18 heavy (non-hydrogen) atoms. The van der Waals surface area contributed by atoms with E-state index in [-0.39, 0.29) is 28.2 Å². The third-order valence-electron chi connectivity index (χ3n) is 2.89. The Morgan fingerprint density at radius 2 is 1.94 bits per heavy atom. The van der Waals surface area contributed by atoms with Crippen molar-refractivity contribution in [2.75, 3.05) is 12.3 Å². The number of nitrogens with two attached hydrogens (primary N) is 1. The summed E-state index contributed by atoms with van der Waals surface area (Å²) in [6, 6.07) is 2.90. The van der Waals surface area contributed by atoms with Gasteiger partial charge in [0.15, 0.2) is 0 Å². The van der Waals surface area contributed by atoms with Crippen molar-refractivity contribution in [1.29, 1.82) is 0 Å². The Bertz CT molecular complexity index is 436. The fourth-order valence-electron chi connectivity index (χ4n) is 1.30. The Balaban J connectivity index is 2.98. The summed E-state index contributed by atoms with van der Waals surface area (Å²) in [6.45, 7) is 3.48. The van der Waals surface area contributed by atoms with Crippen LogP contribution in [-0.4, -0.2) is 23.2 Å². The molecule has 0 saturated carbocycles. The van der Waals surface area contributed by atoms with E-state index >= 15 is 0 Å². The van der Waals surface area contributed by atoms with E-state index in [4.69, 9.17) is 28.9 Å². The molecule has 6 heteroatoms. The number of aliphatic hydroxyl groups is 1. The molecule has 1 aromatic carbocycles. The monoisotopic (exact) mass is 290 g/mol. The van der Waals surface area contributed by atoms with E-state index in [1.165, 1.54) is 12.1 Å². The van der Waals surface area contributed by atoms with Crippen LogP contribution in [0.1, 0.15) is 30.6 Å². The fourth-order valence-corrected chi connectivity index (χ4v) is 1.79. The maximum absolute atomic E-state index is 12.0. The summed E-state index contributed by atoms with van der Waals surface area (Å²) in [5.74, 6) is -0.350. The number of nitrogen functional groups attached to an aromatic ring is 1. The van der Waals surface area contributed by atoms with Crippen LogP contribution in [0.15, 0.2) is 12.1 Å². The van der Waals surface area contributed by atoms with E-state index in [1.807, 2.05) is 6.92 Å². The van der Waals surface area contributed by atoms with Crippen molar-refractivity contribution in [3.05, 3.63) is 27.7 Å². The number of hydrogen-bond donors (Lipinski definition) is 3. The average Bonchev–Trinajstić information content (AvgIpc) is 2.35. The van der Waals surface area contributed by atoms with Gasteiger partial charge in [-0.2, -0.15) is 0 Å². The fraction of sp³-hybridized carbons (Fsp3) is 0.417. The Kier molecular flexibility index (Phi) is 4.85. The zero-order valence-electron chi connectivity index (χ0n) is 10.3. The first-order chi connectivity index (χ1) is 8.33. The van der Waals surface area contributed by atoms with Gasteiger partial charge in [-0.1, -0.05) is 30.1 Å².